The molecule has 0 saturated carbocycles. The van der Waals surface area contributed by atoms with Gasteiger partial charge >= 0.3 is 0 Å². The predicted octanol–water partition coefficient (Wildman–Crippen LogP) is 3.09. The van der Waals surface area contributed by atoms with Crippen molar-refractivity contribution >= 4 is 15.7 Å². The van der Waals surface area contributed by atoms with Crippen LogP contribution in [0.5, 0.6) is 0 Å². The van der Waals surface area contributed by atoms with Gasteiger partial charge in [-0.2, -0.15) is 0 Å². The number of hydrogen-bond acceptors (Lipinski definition) is 3. The topological polar surface area (TPSA) is 54.5 Å². The molecule has 5 heteroatoms. The van der Waals surface area contributed by atoms with E-state index in [2.05, 4.69) is 45.0 Å². The molecule has 2 rings (SSSR count). The summed E-state index contributed by atoms with van der Waals surface area (Å²) in [5, 5.41) is 0. The maximum Gasteiger partial charge on any atom is 0.222 e. The van der Waals surface area contributed by atoms with Crippen LogP contribution in [-0.4, -0.2) is 43.3 Å². The summed E-state index contributed by atoms with van der Waals surface area (Å²) in [6.07, 6.45) is 1.78. The highest BCUT2D eigenvalue weighted by molar-refractivity contribution is 7.91. The van der Waals surface area contributed by atoms with Gasteiger partial charge in [-0.15, -0.1) is 0 Å². The first-order chi connectivity index (χ1) is 11.1. The molecule has 24 heavy (non-hydrogen) atoms. The lowest BCUT2D eigenvalue weighted by Gasteiger charge is -2.30. The molecule has 0 aromatic heterocycles. The number of sulfone groups is 1. The second-order valence-electron chi connectivity index (χ2n) is 7.49. The number of benzene rings is 1. The molecule has 0 bridgehead atoms. The number of nitrogens with zero attached hydrogens (tertiary/aromatic N) is 1. The van der Waals surface area contributed by atoms with Crippen LogP contribution >= 0.6 is 0 Å². The molecular weight excluding hydrogens is 322 g/mol. The summed E-state index contributed by atoms with van der Waals surface area (Å²) in [5.74, 6) is 0.393. The van der Waals surface area contributed by atoms with E-state index >= 15 is 0 Å². The standard InChI is InChI=1S/C19H29NO3S/c1-5-20(17-11-13-24(22,23)14-17)18(21)10-12-19(3,4)16-8-6-15(2)7-9-16/h6-9,17H,5,10-14H2,1-4H3. The number of amides is 1. The van der Waals surface area contributed by atoms with E-state index in [0.717, 1.165) is 6.42 Å². The highest BCUT2D eigenvalue weighted by Gasteiger charge is 2.34. The van der Waals surface area contributed by atoms with Gasteiger partial charge in [0, 0.05) is 19.0 Å². The van der Waals surface area contributed by atoms with Crippen molar-refractivity contribution in [3.05, 3.63) is 35.4 Å². The highest BCUT2D eigenvalue weighted by Crippen LogP contribution is 2.29. The van der Waals surface area contributed by atoms with E-state index < -0.39 is 9.84 Å². The minimum absolute atomic E-state index is 0.0692. The van der Waals surface area contributed by atoms with Crippen LogP contribution in [0.25, 0.3) is 0 Å². The third kappa shape index (κ3) is 4.59. The van der Waals surface area contributed by atoms with E-state index in [1.54, 1.807) is 4.90 Å². The Morgan fingerprint density at radius 1 is 1.25 bits per heavy atom. The lowest BCUT2D eigenvalue weighted by molar-refractivity contribution is -0.133. The first kappa shape index (κ1) is 19.0. The molecule has 134 valence electrons. The van der Waals surface area contributed by atoms with Crippen LogP contribution in [-0.2, 0) is 20.0 Å². The monoisotopic (exact) mass is 351 g/mol. The Hall–Kier alpha value is -1.36. The van der Waals surface area contributed by atoms with Crippen molar-refractivity contribution in [2.45, 2.75) is 58.4 Å². The number of aryl methyl sites for hydroxylation is 1. The second kappa shape index (κ2) is 7.26. The lowest BCUT2D eigenvalue weighted by atomic mass is 9.80. The van der Waals surface area contributed by atoms with Crippen LogP contribution in [0.15, 0.2) is 24.3 Å². The van der Waals surface area contributed by atoms with E-state index in [1.165, 1.54) is 11.1 Å². The summed E-state index contributed by atoms with van der Waals surface area (Å²) in [4.78, 5) is 14.4. The third-order valence-electron chi connectivity index (χ3n) is 5.11. The van der Waals surface area contributed by atoms with Crippen LogP contribution in [0.3, 0.4) is 0 Å². The molecule has 1 atom stereocenters. The molecule has 1 aromatic rings. The van der Waals surface area contributed by atoms with Crippen molar-refractivity contribution in [2.24, 2.45) is 0 Å². The molecule has 0 spiro atoms. The Kier molecular flexibility index (Phi) is 5.74. The molecule has 0 N–H and O–H groups in total. The fraction of sp³-hybridized carbons (Fsp3) is 0.632. The van der Waals surface area contributed by atoms with Crippen molar-refractivity contribution < 1.29 is 13.2 Å². The maximum absolute atomic E-state index is 12.6. The van der Waals surface area contributed by atoms with Gasteiger partial charge < -0.3 is 4.90 Å². The number of hydrogen-bond donors (Lipinski definition) is 0. The Morgan fingerprint density at radius 2 is 1.88 bits per heavy atom. The Morgan fingerprint density at radius 3 is 2.38 bits per heavy atom. The SMILES string of the molecule is CCN(C(=O)CCC(C)(C)c1ccc(C)cc1)C1CCS(=O)(=O)C1. The fourth-order valence-corrected chi connectivity index (χ4v) is 5.10. The molecule has 1 fully saturated rings. The molecule has 1 saturated heterocycles. The average molecular weight is 352 g/mol. The second-order valence-corrected chi connectivity index (χ2v) is 9.72. The Balaban J connectivity index is 1.99. The van der Waals surface area contributed by atoms with Gasteiger partial charge in [-0.3, -0.25) is 4.79 Å². The molecule has 0 aliphatic carbocycles. The molecule has 1 unspecified atom stereocenters. The van der Waals surface area contributed by atoms with E-state index in [9.17, 15) is 13.2 Å². The summed E-state index contributed by atoms with van der Waals surface area (Å²) >= 11 is 0. The van der Waals surface area contributed by atoms with Crippen molar-refractivity contribution in [3.63, 3.8) is 0 Å². The third-order valence-corrected chi connectivity index (χ3v) is 6.86. The quantitative estimate of drug-likeness (QED) is 0.791. The van der Waals surface area contributed by atoms with Crippen LogP contribution in [0.4, 0.5) is 0 Å². The average Bonchev–Trinajstić information content (AvgIpc) is 2.86. The molecule has 1 aliphatic rings. The molecular formula is C19H29NO3S. The van der Waals surface area contributed by atoms with Crippen LogP contribution in [0.1, 0.15) is 51.2 Å². The summed E-state index contributed by atoms with van der Waals surface area (Å²) in [6.45, 7) is 8.87. The van der Waals surface area contributed by atoms with Crippen molar-refractivity contribution in [3.8, 4) is 0 Å². The van der Waals surface area contributed by atoms with Gasteiger partial charge in [0.2, 0.25) is 5.91 Å². The fourth-order valence-electron chi connectivity index (χ4n) is 3.37. The van der Waals surface area contributed by atoms with Crippen molar-refractivity contribution in [1.82, 2.24) is 4.90 Å². The number of rotatable bonds is 6. The number of carbonyl (C=O) groups is 1. The zero-order valence-corrected chi connectivity index (χ0v) is 16.0. The van der Waals surface area contributed by atoms with Gasteiger partial charge in [0.15, 0.2) is 9.84 Å². The first-order valence-corrected chi connectivity index (χ1v) is 10.5. The van der Waals surface area contributed by atoms with Gasteiger partial charge in [0.1, 0.15) is 0 Å². The van der Waals surface area contributed by atoms with E-state index in [0.29, 0.717) is 19.4 Å². The van der Waals surface area contributed by atoms with E-state index in [4.69, 9.17) is 0 Å². The normalized spacial score (nSPS) is 20.1. The lowest BCUT2D eigenvalue weighted by Crippen LogP contribution is -2.41. The van der Waals surface area contributed by atoms with Gasteiger partial charge in [-0.1, -0.05) is 43.7 Å². The van der Waals surface area contributed by atoms with Crippen molar-refractivity contribution in [2.75, 3.05) is 18.1 Å². The van der Waals surface area contributed by atoms with Crippen LogP contribution in [0, 0.1) is 6.92 Å². The molecule has 1 aromatic carbocycles. The minimum Gasteiger partial charge on any atom is -0.339 e. The first-order valence-electron chi connectivity index (χ1n) is 8.71. The Labute approximate surface area is 146 Å². The van der Waals surface area contributed by atoms with Gasteiger partial charge in [-0.25, -0.2) is 8.42 Å². The van der Waals surface area contributed by atoms with E-state index in [-0.39, 0.29) is 28.9 Å². The zero-order valence-electron chi connectivity index (χ0n) is 15.2. The zero-order chi connectivity index (χ0) is 18.0. The molecule has 0 radical (unpaired) electrons. The van der Waals surface area contributed by atoms with E-state index in [1.807, 2.05) is 6.92 Å². The summed E-state index contributed by atoms with van der Waals surface area (Å²) in [7, 11) is -2.97. The molecule has 1 heterocycles. The summed E-state index contributed by atoms with van der Waals surface area (Å²) in [5.41, 5.74) is 2.38. The summed E-state index contributed by atoms with van der Waals surface area (Å²) < 4.78 is 23.4. The largest absolute Gasteiger partial charge is 0.339 e. The smallest absolute Gasteiger partial charge is 0.222 e. The highest BCUT2D eigenvalue weighted by atomic mass is 32.2. The Bertz CT molecular complexity index is 677. The number of carbonyl (C=O) groups excluding carboxylic acids is 1. The molecule has 1 amide bonds. The van der Waals surface area contributed by atoms with Gasteiger partial charge in [0.05, 0.1) is 11.5 Å². The van der Waals surface area contributed by atoms with Crippen LogP contribution < -0.4 is 0 Å². The predicted molar refractivity (Wildman–Crippen MR) is 97.9 cm³/mol. The van der Waals surface area contributed by atoms with Crippen molar-refractivity contribution in [1.29, 1.82) is 0 Å². The summed E-state index contributed by atoms with van der Waals surface area (Å²) in [6, 6.07) is 8.30. The van der Waals surface area contributed by atoms with Gasteiger partial charge in [0.25, 0.3) is 0 Å². The maximum atomic E-state index is 12.6. The van der Waals surface area contributed by atoms with Gasteiger partial charge in [-0.05, 0) is 37.7 Å². The van der Waals surface area contributed by atoms with Crippen LogP contribution in [0.2, 0.25) is 0 Å². The molecule has 4 nitrogen and oxygen atoms in total. The minimum atomic E-state index is -2.97. The molecule has 1 aliphatic heterocycles.